The minimum atomic E-state index is -0.841. The maximum atomic E-state index is 13.1. The summed E-state index contributed by atoms with van der Waals surface area (Å²) in [5.74, 6) is -1.35. The maximum absolute atomic E-state index is 13.1. The van der Waals surface area contributed by atoms with Gasteiger partial charge in [-0.1, -0.05) is 24.3 Å². The van der Waals surface area contributed by atoms with Crippen molar-refractivity contribution < 1.29 is 23.5 Å². The molecule has 1 saturated heterocycles. The Bertz CT molecular complexity index is 883. The van der Waals surface area contributed by atoms with Gasteiger partial charge in [-0.05, 0) is 49.1 Å². The summed E-state index contributed by atoms with van der Waals surface area (Å²) in [6, 6.07) is 14.5. The Hall–Kier alpha value is -3.42. The Morgan fingerprint density at radius 3 is 2.43 bits per heavy atom. The molecule has 8 heteroatoms. The highest BCUT2D eigenvalue weighted by atomic mass is 19.1. The Kier molecular flexibility index (Phi) is 7.37. The first kappa shape index (κ1) is 21.3. The minimum absolute atomic E-state index is 0.00827. The topological polar surface area (TPSA) is 87.7 Å². The van der Waals surface area contributed by atoms with Crippen molar-refractivity contribution in [3.63, 3.8) is 0 Å². The van der Waals surface area contributed by atoms with Crippen LogP contribution in [0.2, 0.25) is 0 Å². The van der Waals surface area contributed by atoms with Crippen molar-refractivity contribution in [1.82, 2.24) is 10.2 Å². The molecule has 0 atom stereocenters. The molecule has 0 aliphatic carbocycles. The summed E-state index contributed by atoms with van der Waals surface area (Å²) < 4.78 is 18.6. The number of carbonyl (C=O) groups is 3. The Morgan fingerprint density at radius 2 is 1.73 bits per heavy atom. The average Bonchev–Trinajstić information content (AvgIpc) is 2.77. The lowest BCUT2D eigenvalue weighted by atomic mass is 9.96. The molecule has 1 fully saturated rings. The summed E-state index contributed by atoms with van der Waals surface area (Å²) in [6.45, 7) is 1.49. The number of anilines is 1. The van der Waals surface area contributed by atoms with E-state index < -0.39 is 17.6 Å². The van der Waals surface area contributed by atoms with Crippen LogP contribution in [0.3, 0.4) is 0 Å². The number of nitrogens with zero attached hydrogens (tertiary/aromatic N) is 1. The van der Waals surface area contributed by atoms with Crippen molar-refractivity contribution in [3.05, 3.63) is 60.4 Å². The van der Waals surface area contributed by atoms with Gasteiger partial charge in [0.1, 0.15) is 11.6 Å². The quantitative estimate of drug-likeness (QED) is 0.711. The van der Waals surface area contributed by atoms with Crippen LogP contribution in [0.1, 0.15) is 12.8 Å². The van der Waals surface area contributed by atoms with Crippen LogP contribution < -0.4 is 15.4 Å². The first-order chi connectivity index (χ1) is 14.5. The molecule has 0 aromatic heterocycles. The van der Waals surface area contributed by atoms with E-state index >= 15 is 0 Å². The summed E-state index contributed by atoms with van der Waals surface area (Å²) in [6.07, 6.45) is 1.45. The van der Waals surface area contributed by atoms with Gasteiger partial charge in [0, 0.05) is 25.3 Å². The molecular formula is C22H24FN3O4. The van der Waals surface area contributed by atoms with Gasteiger partial charge in [-0.25, -0.2) is 4.39 Å². The zero-order chi connectivity index (χ0) is 21.3. The van der Waals surface area contributed by atoms with E-state index in [4.69, 9.17) is 4.74 Å². The fourth-order valence-electron chi connectivity index (χ4n) is 3.21. The van der Waals surface area contributed by atoms with Gasteiger partial charge in [0.2, 0.25) is 0 Å². The molecule has 0 bridgehead atoms. The van der Waals surface area contributed by atoms with Crippen molar-refractivity contribution in [2.75, 3.05) is 31.6 Å². The number of hydrogen-bond acceptors (Lipinski definition) is 4. The largest absolute Gasteiger partial charge is 0.484 e. The van der Waals surface area contributed by atoms with Gasteiger partial charge in [0.25, 0.3) is 5.91 Å². The van der Waals surface area contributed by atoms with Crippen LogP contribution in [-0.2, 0) is 14.4 Å². The Balaban J connectivity index is 1.35. The van der Waals surface area contributed by atoms with Crippen molar-refractivity contribution in [2.24, 2.45) is 5.92 Å². The highest BCUT2D eigenvalue weighted by molar-refractivity contribution is 6.39. The van der Waals surface area contributed by atoms with E-state index in [0.29, 0.717) is 25.4 Å². The lowest BCUT2D eigenvalue weighted by Gasteiger charge is -2.32. The molecule has 1 aliphatic heterocycles. The Labute approximate surface area is 174 Å². The van der Waals surface area contributed by atoms with Gasteiger partial charge in [0.15, 0.2) is 6.61 Å². The number of likely N-dealkylation sites (tertiary alicyclic amines) is 1. The fourth-order valence-corrected chi connectivity index (χ4v) is 3.21. The molecule has 30 heavy (non-hydrogen) atoms. The predicted octanol–water partition coefficient (Wildman–Crippen LogP) is 2.20. The summed E-state index contributed by atoms with van der Waals surface area (Å²) in [7, 11) is 0. The van der Waals surface area contributed by atoms with Gasteiger partial charge in [-0.2, -0.15) is 0 Å². The molecular weight excluding hydrogens is 389 g/mol. The standard InChI is InChI=1S/C22H24FN3O4/c23-17-5-4-6-18(13-17)25-22(29)21(28)24-14-16-9-11-26(12-10-16)20(27)15-30-19-7-2-1-3-8-19/h1-8,13,16H,9-12,14-15H2,(H,24,28)(H,25,29). The molecule has 0 saturated carbocycles. The monoisotopic (exact) mass is 413 g/mol. The summed E-state index contributed by atoms with van der Waals surface area (Å²) in [4.78, 5) is 37.9. The highest BCUT2D eigenvalue weighted by Crippen LogP contribution is 2.17. The molecule has 2 aromatic carbocycles. The highest BCUT2D eigenvalue weighted by Gasteiger charge is 2.24. The number of para-hydroxylation sites is 1. The normalized spacial score (nSPS) is 14.1. The van der Waals surface area contributed by atoms with E-state index in [1.54, 1.807) is 17.0 Å². The number of hydrogen-bond donors (Lipinski definition) is 2. The van der Waals surface area contributed by atoms with Crippen LogP contribution in [-0.4, -0.2) is 48.9 Å². The third-order valence-corrected chi connectivity index (χ3v) is 4.91. The van der Waals surface area contributed by atoms with E-state index in [0.717, 1.165) is 18.9 Å². The van der Waals surface area contributed by atoms with Crippen LogP contribution in [0.25, 0.3) is 0 Å². The van der Waals surface area contributed by atoms with E-state index in [1.807, 2.05) is 18.2 Å². The maximum Gasteiger partial charge on any atom is 0.313 e. The number of halogens is 1. The summed E-state index contributed by atoms with van der Waals surface area (Å²) in [5.41, 5.74) is 0.222. The third-order valence-electron chi connectivity index (χ3n) is 4.91. The number of ether oxygens (including phenoxy) is 1. The second-order valence-corrected chi connectivity index (χ2v) is 7.10. The molecule has 3 rings (SSSR count). The van der Waals surface area contributed by atoms with Crippen molar-refractivity contribution in [3.8, 4) is 5.75 Å². The molecule has 1 aliphatic rings. The molecule has 0 unspecified atom stereocenters. The second-order valence-electron chi connectivity index (χ2n) is 7.10. The number of rotatable bonds is 6. The van der Waals surface area contributed by atoms with E-state index in [9.17, 15) is 18.8 Å². The lowest BCUT2D eigenvalue weighted by molar-refractivity contribution is -0.136. The van der Waals surface area contributed by atoms with Gasteiger partial charge < -0.3 is 20.3 Å². The van der Waals surface area contributed by atoms with Crippen LogP contribution in [0.15, 0.2) is 54.6 Å². The van der Waals surface area contributed by atoms with Crippen LogP contribution in [0, 0.1) is 11.7 Å². The van der Waals surface area contributed by atoms with Gasteiger partial charge >= 0.3 is 11.8 Å². The number of nitrogens with one attached hydrogen (secondary N) is 2. The van der Waals surface area contributed by atoms with E-state index in [1.165, 1.54) is 18.2 Å². The molecule has 0 spiro atoms. The molecule has 2 aromatic rings. The minimum Gasteiger partial charge on any atom is -0.484 e. The summed E-state index contributed by atoms with van der Waals surface area (Å²) >= 11 is 0. The predicted molar refractivity (Wildman–Crippen MR) is 109 cm³/mol. The zero-order valence-corrected chi connectivity index (χ0v) is 16.5. The first-order valence-corrected chi connectivity index (χ1v) is 9.81. The lowest BCUT2D eigenvalue weighted by Crippen LogP contribution is -2.44. The van der Waals surface area contributed by atoms with Crippen LogP contribution in [0.4, 0.5) is 10.1 Å². The Morgan fingerprint density at radius 1 is 1.00 bits per heavy atom. The molecule has 1 heterocycles. The second kappa shape index (κ2) is 10.4. The van der Waals surface area contributed by atoms with Crippen LogP contribution in [0.5, 0.6) is 5.75 Å². The third kappa shape index (κ3) is 6.30. The molecule has 158 valence electrons. The number of piperidine rings is 1. The van der Waals surface area contributed by atoms with E-state index in [2.05, 4.69) is 10.6 Å². The average molecular weight is 413 g/mol. The zero-order valence-electron chi connectivity index (χ0n) is 16.5. The summed E-state index contributed by atoms with van der Waals surface area (Å²) in [5, 5.41) is 4.97. The molecule has 7 nitrogen and oxygen atoms in total. The smallest absolute Gasteiger partial charge is 0.313 e. The first-order valence-electron chi connectivity index (χ1n) is 9.81. The number of benzene rings is 2. The molecule has 0 radical (unpaired) electrons. The van der Waals surface area contributed by atoms with Gasteiger partial charge in [0.05, 0.1) is 0 Å². The van der Waals surface area contributed by atoms with E-state index in [-0.39, 0.29) is 24.1 Å². The van der Waals surface area contributed by atoms with Crippen molar-refractivity contribution in [1.29, 1.82) is 0 Å². The molecule has 2 N–H and O–H groups in total. The fraction of sp³-hybridized carbons (Fsp3) is 0.318. The van der Waals surface area contributed by atoms with Crippen LogP contribution >= 0.6 is 0 Å². The SMILES string of the molecule is O=C(NCC1CCN(C(=O)COc2ccccc2)CC1)C(=O)Nc1cccc(F)c1. The number of amides is 3. The van der Waals surface area contributed by atoms with Crippen molar-refractivity contribution in [2.45, 2.75) is 12.8 Å². The van der Waals surface area contributed by atoms with Gasteiger partial charge in [-0.3, -0.25) is 14.4 Å². The molecule has 3 amide bonds. The van der Waals surface area contributed by atoms with Gasteiger partial charge in [-0.15, -0.1) is 0 Å². The number of carbonyl (C=O) groups excluding carboxylic acids is 3. The van der Waals surface area contributed by atoms with Crippen molar-refractivity contribution >= 4 is 23.4 Å².